The predicted molar refractivity (Wildman–Crippen MR) is 74.8 cm³/mol. The highest BCUT2D eigenvalue weighted by atomic mass is 32.2. The van der Waals surface area contributed by atoms with Crippen molar-refractivity contribution in [3.63, 3.8) is 0 Å². The van der Waals surface area contributed by atoms with E-state index in [9.17, 15) is 8.42 Å². The highest BCUT2D eigenvalue weighted by Gasteiger charge is 2.15. The summed E-state index contributed by atoms with van der Waals surface area (Å²) in [6.45, 7) is 4.61. The van der Waals surface area contributed by atoms with Gasteiger partial charge in [0.1, 0.15) is 13.2 Å². The van der Waals surface area contributed by atoms with E-state index in [1.54, 1.807) is 6.92 Å². The first kappa shape index (κ1) is 14.0. The molecule has 2 rings (SSSR count). The maximum absolute atomic E-state index is 11.5. The molecular formula is C13H19NO4S. The van der Waals surface area contributed by atoms with Crippen LogP contribution in [0.4, 0.5) is 5.69 Å². The Balaban J connectivity index is 2.03. The molecule has 1 aliphatic heterocycles. The average molecular weight is 285 g/mol. The third-order valence-electron chi connectivity index (χ3n) is 2.90. The van der Waals surface area contributed by atoms with E-state index >= 15 is 0 Å². The summed E-state index contributed by atoms with van der Waals surface area (Å²) in [7, 11) is -2.97. The van der Waals surface area contributed by atoms with Crippen LogP contribution in [0.5, 0.6) is 11.5 Å². The van der Waals surface area contributed by atoms with Crippen molar-refractivity contribution in [3.8, 4) is 11.5 Å². The van der Waals surface area contributed by atoms with E-state index in [1.165, 1.54) is 0 Å². The molecule has 0 saturated heterocycles. The van der Waals surface area contributed by atoms with Gasteiger partial charge in [-0.15, -0.1) is 0 Å². The normalized spacial score (nSPS) is 15.9. The molecule has 1 unspecified atom stereocenters. The number of rotatable bonds is 5. The zero-order valence-corrected chi connectivity index (χ0v) is 12.0. The SMILES string of the molecule is CCS(=O)(=O)CC(C)Nc1ccc2c(c1)OCCO2. The van der Waals surface area contributed by atoms with Gasteiger partial charge in [0.25, 0.3) is 0 Å². The van der Waals surface area contributed by atoms with E-state index in [4.69, 9.17) is 9.47 Å². The molecule has 0 aromatic heterocycles. The summed E-state index contributed by atoms with van der Waals surface area (Å²) in [5.74, 6) is 1.71. The summed E-state index contributed by atoms with van der Waals surface area (Å²) in [6.07, 6.45) is 0. The van der Waals surface area contributed by atoms with Crippen molar-refractivity contribution in [1.82, 2.24) is 0 Å². The lowest BCUT2D eigenvalue weighted by atomic mass is 10.2. The van der Waals surface area contributed by atoms with Crippen LogP contribution in [0.2, 0.25) is 0 Å². The fourth-order valence-corrected chi connectivity index (χ4v) is 3.04. The number of hydrogen-bond donors (Lipinski definition) is 1. The average Bonchev–Trinajstić information content (AvgIpc) is 2.38. The molecule has 0 fully saturated rings. The Morgan fingerprint density at radius 3 is 2.63 bits per heavy atom. The van der Waals surface area contributed by atoms with Gasteiger partial charge in [-0.3, -0.25) is 0 Å². The Morgan fingerprint density at radius 2 is 1.95 bits per heavy atom. The molecule has 0 spiro atoms. The minimum atomic E-state index is -2.97. The molecule has 1 aliphatic rings. The number of anilines is 1. The topological polar surface area (TPSA) is 64.6 Å². The number of fused-ring (bicyclic) bond motifs is 1. The van der Waals surface area contributed by atoms with Gasteiger partial charge in [0, 0.05) is 23.5 Å². The summed E-state index contributed by atoms with van der Waals surface area (Å²) in [4.78, 5) is 0. The molecule has 106 valence electrons. The minimum Gasteiger partial charge on any atom is -0.486 e. The van der Waals surface area contributed by atoms with Crippen molar-refractivity contribution in [2.75, 3.05) is 30.0 Å². The van der Waals surface area contributed by atoms with Crippen molar-refractivity contribution < 1.29 is 17.9 Å². The van der Waals surface area contributed by atoms with Crippen LogP contribution in [0, 0.1) is 0 Å². The molecule has 5 nitrogen and oxygen atoms in total. The van der Waals surface area contributed by atoms with Crippen molar-refractivity contribution in [3.05, 3.63) is 18.2 Å². The van der Waals surface area contributed by atoms with E-state index in [-0.39, 0.29) is 17.5 Å². The van der Waals surface area contributed by atoms with Crippen LogP contribution in [0.25, 0.3) is 0 Å². The Kier molecular flexibility index (Phi) is 4.19. The highest BCUT2D eigenvalue weighted by Crippen LogP contribution is 2.32. The third-order valence-corrected chi connectivity index (χ3v) is 4.79. The molecular weight excluding hydrogens is 266 g/mol. The first-order valence-electron chi connectivity index (χ1n) is 6.37. The minimum absolute atomic E-state index is 0.123. The Morgan fingerprint density at radius 1 is 1.26 bits per heavy atom. The van der Waals surface area contributed by atoms with Crippen LogP contribution in [0.3, 0.4) is 0 Å². The van der Waals surface area contributed by atoms with Gasteiger partial charge in [-0.25, -0.2) is 8.42 Å². The molecule has 0 radical (unpaired) electrons. The van der Waals surface area contributed by atoms with E-state index in [0.29, 0.717) is 19.0 Å². The van der Waals surface area contributed by atoms with Gasteiger partial charge in [0.2, 0.25) is 0 Å². The van der Waals surface area contributed by atoms with Gasteiger partial charge in [-0.1, -0.05) is 6.92 Å². The van der Waals surface area contributed by atoms with E-state index in [2.05, 4.69) is 5.32 Å². The van der Waals surface area contributed by atoms with E-state index in [1.807, 2.05) is 25.1 Å². The molecule has 1 aromatic carbocycles. The van der Waals surface area contributed by atoms with Crippen molar-refractivity contribution in [2.45, 2.75) is 19.9 Å². The molecule has 0 aliphatic carbocycles. The number of benzene rings is 1. The lowest BCUT2D eigenvalue weighted by Crippen LogP contribution is -2.26. The number of hydrogen-bond acceptors (Lipinski definition) is 5. The summed E-state index contributed by atoms with van der Waals surface area (Å²) in [5, 5.41) is 3.17. The maximum Gasteiger partial charge on any atom is 0.163 e. The summed E-state index contributed by atoms with van der Waals surface area (Å²) in [5.41, 5.74) is 0.836. The van der Waals surface area contributed by atoms with Gasteiger partial charge >= 0.3 is 0 Å². The summed E-state index contributed by atoms with van der Waals surface area (Å²) < 4.78 is 34.0. The Labute approximate surface area is 113 Å². The second-order valence-corrected chi connectivity index (χ2v) is 7.00. The van der Waals surface area contributed by atoms with E-state index < -0.39 is 9.84 Å². The third kappa shape index (κ3) is 3.76. The van der Waals surface area contributed by atoms with Crippen LogP contribution in [0.15, 0.2) is 18.2 Å². The number of sulfone groups is 1. The zero-order valence-electron chi connectivity index (χ0n) is 11.2. The molecule has 1 N–H and O–H groups in total. The number of nitrogens with one attached hydrogen (secondary N) is 1. The highest BCUT2D eigenvalue weighted by molar-refractivity contribution is 7.91. The van der Waals surface area contributed by atoms with Crippen LogP contribution >= 0.6 is 0 Å². The second kappa shape index (κ2) is 5.69. The van der Waals surface area contributed by atoms with Crippen LogP contribution < -0.4 is 14.8 Å². The van der Waals surface area contributed by atoms with Gasteiger partial charge in [0.15, 0.2) is 21.3 Å². The van der Waals surface area contributed by atoms with Crippen molar-refractivity contribution >= 4 is 15.5 Å². The molecule has 6 heteroatoms. The lowest BCUT2D eigenvalue weighted by Gasteiger charge is -2.20. The molecule has 1 aromatic rings. The number of ether oxygens (including phenoxy) is 2. The zero-order chi connectivity index (χ0) is 13.9. The first-order chi connectivity index (χ1) is 9.00. The summed E-state index contributed by atoms with van der Waals surface area (Å²) in [6, 6.07) is 5.39. The largest absolute Gasteiger partial charge is 0.486 e. The van der Waals surface area contributed by atoms with E-state index in [0.717, 1.165) is 11.4 Å². The molecule has 1 atom stereocenters. The summed E-state index contributed by atoms with van der Waals surface area (Å²) >= 11 is 0. The predicted octanol–water partition coefficient (Wildman–Crippen LogP) is 1.69. The molecule has 1 heterocycles. The van der Waals surface area contributed by atoms with Crippen molar-refractivity contribution in [2.24, 2.45) is 0 Å². The first-order valence-corrected chi connectivity index (χ1v) is 8.19. The van der Waals surface area contributed by atoms with Crippen LogP contribution in [-0.2, 0) is 9.84 Å². The Bertz CT molecular complexity index is 542. The van der Waals surface area contributed by atoms with Gasteiger partial charge < -0.3 is 14.8 Å². The monoisotopic (exact) mass is 285 g/mol. The molecule has 0 saturated carbocycles. The molecule has 19 heavy (non-hydrogen) atoms. The van der Waals surface area contributed by atoms with Gasteiger partial charge in [-0.2, -0.15) is 0 Å². The fourth-order valence-electron chi connectivity index (χ4n) is 1.96. The van der Waals surface area contributed by atoms with Gasteiger partial charge in [0.05, 0.1) is 5.75 Å². The van der Waals surface area contributed by atoms with Crippen LogP contribution in [-0.4, -0.2) is 39.2 Å². The standard InChI is InChI=1S/C13H19NO4S/c1-3-19(15,16)9-10(2)14-11-4-5-12-13(8-11)18-7-6-17-12/h4-5,8,10,14H,3,6-7,9H2,1-2H3. The lowest BCUT2D eigenvalue weighted by molar-refractivity contribution is 0.171. The fraction of sp³-hybridized carbons (Fsp3) is 0.538. The van der Waals surface area contributed by atoms with Gasteiger partial charge in [-0.05, 0) is 19.1 Å². The second-order valence-electron chi connectivity index (χ2n) is 4.60. The smallest absolute Gasteiger partial charge is 0.163 e. The molecule has 0 amide bonds. The Hall–Kier alpha value is -1.43. The molecule has 0 bridgehead atoms. The van der Waals surface area contributed by atoms with Crippen molar-refractivity contribution in [1.29, 1.82) is 0 Å². The van der Waals surface area contributed by atoms with Crippen LogP contribution in [0.1, 0.15) is 13.8 Å². The quantitative estimate of drug-likeness (QED) is 0.892. The maximum atomic E-state index is 11.5.